The molecule has 2 amide bonds. The fraction of sp³-hybridized carbons (Fsp3) is 0.233. The van der Waals surface area contributed by atoms with E-state index in [1.54, 1.807) is 11.6 Å². The van der Waals surface area contributed by atoms with Crippen molar-refractivity contribution in [2.45, 2.75) is 31.5 Å². The highest BCUT2D eigenvalue weighted by Crippen LogP contribution is 2.44. The molecule has 41 heavy (non-hydrogen) atoms. The molecule has 0 aliphatic carbocycles. The lowest BCUT2D eigenvalue weighted by Gasteiger charge is -2.38. The van der Waals surface area contributed by atoms with E-state index < -0.39 is 41.3 Å². The molecule has 0 spiro atoms. The number of hydrogen-bond donors (Lipinski definition) is 2. The number of para-hydroxylation sites is 1. The number of nitrogens with zero attached hydrogens (tertiary/aromatic N) is 3. The Morgan fingerprint density at radius 1 is 1.02 bits per heavy atom. The van der Waals surface area contributed by atoms with Crippen molar-refractivity contribution in [2.75, 3.05) is 18.1 Å². The van der Waals surface area contributed by atoms with Crippen molar-refractivity contribution >= 4 is 17.6 Å². The minimum atomic E-state index is -4.66. The molecule has 0 radical (unpaired) electrons. The summed E-state index contributed by atoms with van der Waals surface area (Å²) in [5.74, 6) is -2.34. The first kappa shape index (κ1) is 28.0. The fourth-order valence-electron chi connectivity index (χ4n) is 5.21. The van der Waals surface area contributed by atoms with Gasteiger partial charge >= 0.3 is 6.18 Å². The van der Waals surface area contributed by atoms with Gasteiger partial charge in [-0.3, -0.25) is 14.5 Å². The lowest BCUT2D eigenvalue weighted by atomic mass is 9.80. The van der Waals surface area contributed by atoms with Gasteiger partial charge in [0, 0.05) is 36.6 Å². The first-order chi connectivity index (χ1) is 19.6. The summed E-state index contributed by atoms with van der Waals surface area (Å²) in [6.07, 6.45) is -4.54. The maximum Gasteiger partial charge on any atom is 0.416 e. The number of rotatable bonds is 7. The van der Waals surface area contributed by atoms with Crippen LogP contribution in [0.5, 0.6) is 0 Å². The summed E-state index contributed by atoms with van der Waals surface area (Å²) in [7, 11) is 0. The van der Waals surface area contributed by atoms with Gasteiger partial charge in [0.1, 0.15) is 17.7 Å². The number of benzene rings is 3. The number of likely N-dealkylation sites (N-methyl/N-ethyl adjacent to an activating group) is 1. The van der Waals surface area contributed by atoms with Gasteiger partial charge in [0.05, 0.1) is 16.9 Å². The topological polar surface area (TPSA) is 87.5 Å². The van der Waals surface area contributed by atoms with Gasteiger partial charge in [-0.05, 0) is 55.0 Å². The van der Waals surface area contributed by atoms with Crippen LogP contribution in [-0.4, -0.2) is 45.9 Å². The van der Waals surface area contributed by atoms with E-state index >= 15 is 0 Å². The second kappa shape index (κ2) is 11.2. The number of aliphatic hydroxyl groups is 1. The van der Waals surface area contributed by atoms with E-state index in [2.05, 4.69) is 5.32 Å². The van der Waals surface area contributed by atoms with Crippen molar-refractivity contribution in [1.82, 2.24) is 15.1 Å². The highest BCUT2D eigenvalue weighted by atomic mass is 19.4. The normalized spacial score (nSPS) is 16.9. The Bertz CT molecular complexity index is 1570. The van der Waals surface area contributed by atoms with Gasteiger partial charge in [-0.15, -0.1) is 0 Å². The van der Waals surface area contributed by atoms with Gasteiger partial charge < -0.3 is 10.4 Å². The lowest BCUT2D eigenvalue weighted by Crippen LogP contribution is -2.55. The van der Waals surface area contributed by atoms with Crippen LogP contribution in [0.15, 0.2) is 78.9 Å². The molecule has 0 unspecified atom stereocenters. The van der Waals surface area contributed by atoms with E-state index in [-0.39, 0.29) is 25.1 Å². The third-order valence-corrected chi connectivity index (χ3v) is 7.04. The number of hydrogen-bond acceptors (Lipinski definition) is 4. The van der Waals surface area contributed by atoms with Crippen LogP contribution in [0.2, 0.25) is 0 Å². The van der Waals surface area contributed by atoms with Crippen molar-refractivity contribution in [3.05, 3.63) is 113 Å². The zero-order valence-electron chi connectivity index (χ0n) is 21.9. The molecule has 0 saturated carbocycles. The maximum atomic E-state index is 14.1. The van der Waals surface area contributed by atoms with Crippen LogP contribution in [0, 0.1) is 5.82 Å². The summed E-state index contributed by atoms with van der Waals surface area (Å²) in [6.45, 7) is 1.68. The number of carbonyl (C=O) groups is 2. The third-order valence-electron chi connectivity index (χ3n) is 7.04. The zero-order valence-corrected chi connectivity index (χ0v) is 21.9. The van der Waals surface area contributed by atoms with Crippen LogP contribution in [0.3, 0.4) is 0 Å². The standard InChI is InChI=1S/C30H26F4N4O3/c1-2-37-28-25(23(15-16-39)36-38(28)22-9-4-3-5-10-22)24(18-11-13-21(31)14-12-18)26(29(37)41)35-27(40)19-7-6-8-20(17-19)30(32,33)34/h3-14,17,24,26,39H,2,15-16H2,1H3,(H,35,40)/t24-,26-/m0/s1. The number of carbonyl (C=O) groups excluding carboxylic acids is 2. The average molecular weight is 567 g/mol. The van der Waals surface area contributed by atoms with Crippen LogP contribution in [-0.2, 0) is 17.4 Å². The molecule has 2 atom stereocenters. The maximum absolute atomic E-state index is 14.1. The molecule has 2 heterocycles. The minimum Gasteiger partial charge on any atom is -0.396 e. The molecule has 2 N–H and O–H groups in total. The van der Waals surface area contributed by atoms with Gasteiger partial charge in [-0.2, -0.15) is 18.3 Å². The van der Waals surface area contributed by atoms with Crippen LogP contribution in [0.25, 0.3) is 5.69 Å². The monoisotopic (exact) mass is 566 g/mol. The number of amides is 2. The van der Waals surface area contributed by atoms with E-state index in [1.165, 1.54) is 35.2 Å². The second-order valence-electron chi connectivity index (χ2n) is 9.55. The van der Waals surface area contributed by atoms with E-state index in [0.29, 0.717) is 28.3 Å². The number of halogens is 4. The number of aliphatic hydroxyl groups excluding tert-OH is 1. The second-order valence-corrected chi connectivity index (χ2v) is 9.55. The summed E-state index contributed by atoms with van der Waals surface area (Å²) in [5, 5.41) is 17.3. The van der Waals surface area contributed by atoms with Gasteiger partial charge in [0.15, 0.2) is 0 Å². The van der Waals surface area contributed by atoms with Crippen LogP contribution in [0.1, 0.15) is 45.6 Å². The molecule has 1 aliphatic heterocycles. The first-order valence-corrected chi connectivity index (χ1v) is 13.0. The van der Waals surface area contributed by atoms with Gasteiger partial charge in [-0.25, -0.2) is 9.07 Å². The number of anilines is 1. The predicted octanol–water partition coefficient (Wildman–Crippen LogP) is 4.86. The Balaban J connectivity index is 1.68. The number of aromatic nitrogens is 2. The van der Waals surface area contributed by atoms with Gasteiger partial charge in [-0.1, -0.05) is 36.4 Å². The SMILES string of the molecule is CCN1C(=O)[C@@H](NC(=O)c2cccc(C(F)(F)F)c2)[C@@H](c2ccc(F)cc2)c2c(CCO)nn(-c3ccccc3)c21. The molecule has 11 heteroatoms. The molecule has 212 valence electrons. The van der Waals surface area contributed by atoms with E-state index in [4.69, 9.17) is 5.10 Å². The molecule has 1 aromatic heterocycles. The van der Waals surface area contributed by atoms with Crippen molar-refractivity contribution < 1.29 is 32.3 Å². The molecule has 1 aliphatic rings. The summed E-state index contributed by atoms with van der Waals surface area (Å²) < 4.78 is 55.6. The highest BCUT2D eigenvalue weighted by molar-refractivity contribution is 6.05. The Kier molecular flexibility index (Phi) is 7.63. The Hall–Kier alpha value is -4.51. The smallest absolute Gasteiger partial charge is 0.396 e. The molecule has 3 aromatic carbocycles. The highest BCUT2D eigenvalue weighted by Gasteiger charge is 2.46. The van der Waals surface area contributed by atoms with Crippen molar-refractivity contribution in [1.29, 1.82) is 0 Å². The minimum absolute atomic E-state index is 0.125. The number of nitrogens with one attached hydrogen (secondary N) is 1. The molecule has 4 aromatic rings. The van der Waals surface area contributed by atoms with Crippen LogP contribution in [0.4, 0.5) is 23.4 Å². The van der Waals surface area contributed by atoms with E-state index in [1.807, 2.05) is 30.3 Å². The molecule has 0 saturated heterocycles. The van der Waals surface area contributed by atoms with E-state index in [0.717, 1.165) is 18.2 Å². The molecule has 0 bridgehead atoms. The first-order valence-electron chi connectivity index (χ1n) is 13.0. The fourth-order valence-corrected chi connectivity index (χ4v) is 5.21. The number of fused-ring (bicyclic) bond motifs is 1. The molecular weight excluding hydrogens is 540 g/mol. The Morgan fingerprint density at radius 3 is 2.37 bits per heavy atom. The van der Waals surface area contributed by atoms with Gasteiger partial charge in [0.2, 0.25) is 0 Å². The lowest BCUT2D eigenvalue weighted by molar-refractivity contribution is -0.137. The summed E-state index contributed by atoms with van der Waals surface area (Å²) in [6, 6.07) is 17.2. The van der Waals surface area contributed by atoms with Crippen LogP contribution >= 0.6 is 0 Å². The van der Waals surface area contributed by atoms with Crippen LogP contribution < -0.4 is 10.2 Å². The zero-order chi connectivity index (χ0) is 29.3. The summed E-state index contributed by atoms with van der Waals surface area (Å²) in [5.41, 5.74) is 0.883. The number of alkyl halides is 3. The van der Waals surface area contributed by atoms with Gasteiger partial charge in [0.25, 0.3) is 11.8 Å². The molecular formula is C30H26F4N4O3. The Morgan fingerprint density at radius 2 is 1.73 bits per heavy atom. The summed E-state index contributed by atoms with van der Waals surface area (Å²) >= 11 is 0. The van der Waals surface area contributed by atoms with E-state index in [9.17, 15) is 32.3 Å². The molecule has 7 nitrogen and oxygen atoms in total. The average Bonchev–Trinajstić information content (AvgIpc) is 3.33. The van der Waals surface area contributed by atoms with Crippen molar-refractivity contribution in [3.63, 3.8) is 0 Å². The van der Waals surface area contributed by atoms with Crippen molar-refractivity contribution in [2.24, 2.45) is 0 Å². The quantitative estimate of drug-likeness (QED) is 0.313. The molecule has 0 fully saturated rings. The third kappa shape index (κ3) is 5.32. The Labute approximate surface area is 233 Å². The summed E-state index contributed by atoms with van der Waals surface area (Å²) in [4.78, 5) is 28.9. The predicted molar refractivity (Wildman–Crippen MR) is 143 cm³/mol. The largest absolute Gasteiger partial charge is 0.416 e. The van der Waals surface area contributed by atoms with Crippen molar-refractivity contribution in [3.8, 4) is 5.69 Å². The molecule has 5 rings (SSSR count).